The first-order valence-corrected chi connectivity index (χ1v) is 10.5. The van der Waals surface area contributed by atoms with E-state index in [-0.39, 0.29) is 11.7 Å². The minimum Gasteiger partial charge on any atom is -0.508 e. The molecule has 0 saturated heterocycles. The predicted octanol–water partition coefficient (Wildman–Crippen LogP) is 2.99. The van der Waals surface area contributed by atoms with Gasteiger partial charge in [0.25, 0.3) is 0 Å². The molecule has 0 aliphatic carbocycles. The molecule has 3 aromatic rings. The van der Waals surface area contributed by atoms with Crippen LogP contribution in [0.25, 0.3) is 0 Å². The first kappa shape index (κ1) is 23.0. The second-order valence-electron chi connectivity index (χ2n) is 7.57. The molecule has 0 aromatic heterocycles. The second-order valence-corrected chi connectivity index (χ2v) is 7.57. The first-order valence-electron chi connectivity index (χ1n) is 10.5. The third-order valence-electron chi connectivity index (χ3n) is 5.15. The van der Waals surface area contributed by atoms with Crippen LogP contribution in [0, 0.1) is 0 Å². The molecule has 166 valence electrons. The maximum atomic E-state index is 13.2. The summed E-state index contributed by atoms with van der Waals surface area (Å²) in [5.41, 5.74) is 2.77. The van der Waals surface area contributed by atoms with Crippen molar-refractivity contribution in [1.29, 1.82) is 0 Å². The Morgan fingerprint density at radius 1 is 0.812 bits per heavy atom. The molecule has 0 saturated carbocycles. The van der Waals surface area contributed by atoms with Gasteiger partial charge in [-0.15, -0.1) is 0 Å². The molecule has 6 heteroatoms. The van der Waals surface area contributed by atoms with Gasteiger partial charge in [-0.05, 0) is 35.2 Å². The second kappa shape index (κ2) is 11.7. The molecule has 6 nitrogen and oxygen atoms in total. The third-order valence-corrected chi connectivity index (χ3v) is 5.15. The highest BCUT2D eigenvalue weighted by Crippen LogP contribution is 2.12. The number of phenols is 1. The Morgan fingerprint density at radius 3 is 1.94 bits per heavy atom. The summed E-state index contributed by atoms with van der Waals surface area (Å²) in [4.78, 5) is 25.6. The Bertz CT molecular complexity index is 1010. The van der Waals surface area contributed by atoms with Gasteiger partial charge in [0, 0.05) is 13.0 Å². The summed E-state index contributed by atoms with van der Waals surface area (Å²) in [5, 5.41) is 15.8. The van der Waals surface area contributed by atoms with Gasteiger partial charge < -0.3 is 20.5 Å². The molecule has 0 radical (unpaired) electrons. The summed E-state index contributed by atoms with van der Waals surface area (Å²) in [5.74, 6) is -0.615. The standard InChI is InChI=1S/C26H28N2O4/c1-32-26(31)24(17-20-11-6-3-7-12-20)28-25(30)23(16-19-9-4-2-5-10-19)27-18-21-13-8-14-22(29)15-21/h2-15,23-24,27,29H,16-18H2,1H3,(H,28,30)/t23-,24+/m0/s1. The van der Waals surface area contributed by atoms with Gasteiger partial charge in [0.15, 0.2) is 0 Å². The monoisotopic (exact) mass is 432 g/mol. The summed E-state index contributed by atoms with van der Waals surface area (Å²) < 4.78 is 4.92. The molecule has 3 N–H and O–H groups in total. The largest absolute Gasteiger partial charge is 0.508 e. The van der Waals surface area contributed by atoms with Crippen molar-refractivity contribution >= 4 is 11.9 Å². The van der Waals surface area contributed by atoms with Crippen molar-refractivity contribution in [3.8, 4) is 5.75 Å². The van der Waals surface area contributed by atoms with E-state index in [1.54, 1.807) is 18.2 Å². The van der Waals surface area contributed by atoms with Gasteiger partial charge in [0.05, 0.1) is 13.2 Å². The van der Waals surface area contributed by atoms with E-state index in [2.05, 4.69) is 10.6 Å². The van der Waals surface area contributed by atoms with Gasteiger partial charge in [0.2, 0.25) is 5.91 Å². The van der Waals surface area contributed by atoms with Gasteiger partial charge in [-0.3, -0.25) is 4.79 Å². The SMILES string of the molecule is COC(=O)[C@@H](Cc1ccccc1)NC(=O)[C@H](Cc1ccccc1)NCc1cccc(O)c1. The Labute approximate surface area is 188 Å². The molecule has 0 aliphatic heterocycles. The summed E-state index contributed by atoms with van der Waals surface area (Å²) >= 11 is 0. The molecule has 0 heterocycles. The van der Waals surface area contributed by atoms with Crippen LogP contribution < -0.4 is 10.6 Å². The number of esters is 1. The molecule has 3 aromatic carbocycles. The number of methoxy groups -OCH3 is 1. The zero-order chi connectivity index (χ0) is 22.8. The summed E-state index contributed by atoms with van der Waals surface area (Å²) in [6, 6.07) is 24.7. The highest BCUT2D eigenvalue weighted by atomic mass is 16.5. The number of nitrogens with one attached hydrogen (secondary N) is 2. The van der Waals surface area contributed by atoms with E-state index in [0.29, 0.717) is 19.4 Å². The molecule has 3 rings (SSSR count). The molecule has 32 heavy (non-hydrogen) atoms. The van der Waals surface area contributed by atoms with Gasteiger partial charge in [-0.2, -0.15) is 0 Å². The van der Waals surface area contributed by atoms with E-state index in [1.807, 2.05) is 66.7 Å². The summed E-state index contributed by atoms with van der Waals surface area (Å²) in [6.07, 6.45) is 0.786. The van der Waals surface area contributed by atoms with E-state index in [4.69, 9.17) is 4.74 Å². The summed E-state index contributed by atoms with van der Waals surface area (Å²) in [6.45, 7) is 0.390. The smallest absolute Gasteiger partial charge is 0.328 e. The minimum absolute atomic E-state index is 0.168. The van der Waals surface area contributed by atoms with Crippen LogP contribution in [-0.4, -0.2) is 36.2 Å². The van der Waals surface area contributed by atoms with Crippen molar-refractivity contribution in [3.63, 3.8) is 0 Å². The lowest BCUT2D eigenvalue weighted by atomic mass is 10.0. The molecule has 0 bridgehead atoms. The van der Waals surface area contributed by atoms with Crippen molar-refractivity contribution in [2.45, 2.75) is 31.5 Å². The Kier molecular flexibility index (Phi) is 8.40. The zero-order valence-electron chi connectivity index (χ0n) is 18.0. The number of carbonyl (C=O) groups is 2. The molecular formula is C26H28N2O4. The zero-order valence-corrected chi connectivity index (χ0v) is 18.0. The highest BCUT2D eigenvalue weighted by molar-refractivity contribution is 5.88. The molecule has 0 aliphatic rings. The van der Waals surface area contributed by atoms with Gasteiger partial charge in [0.1, 0.15) is 11.8 Å². The van der Waals surface area contributed by atoms with Crippen LogP contribution in [0.1, 0.15) is 16.7 Å². The fourth-order valence-electron chi connectivity index (χ4n) is 3.47. The topological polar surface area (TPSA) is 87.7 Å². The Balaban J connectivity index is 1.74. The fourth-order valence-corrected chi connectivity index (χ4v) is 3.47. The van der Waals surface area contributed by atoms with Crippen LogP contribution in [-0.2, 0) is 33.7 Å². The van der Waals surface area contributed by atoms with Crippen molar-refractivity contribution in [1.82, 2.24) is 10.6 Å². The van der Waals surface area contributed by atoms with Crippen LogP contribution >= 0.6 is 0 Å². The van der Waals surface area contributed by atoms with Crippen molar-refractivity contribution in [2.24, 2.45) is 0 Å². The lowest BCUT2D eigenvalue weighted by molar-refractivity contribution is -0.145. The predicted molar refractivity (Wildman–Crippen MR) is 123 cm³/mol. The van der Waals surface area contributed by atoms with Crippen molar-refractivity contribution in [2.75, 3.05) is 7.11 Å². The molecule has 0 unspecified atom stereocenters. The lowest BCUT2D eigenvalue weighted by Gasteiger charge is -2.23. The maximum Gasteiger partial charge on any atom is 0.328 e. The van der Waals surface area contributed by atoms with Crippen LogP contribution in [0.2, 0.25) is 0 Å². The molecule has 0 spiro atoms. The number of amides is 1. The Hall–Kier alpha value is -3.64. The average Bonchev–Trinajstić information content (AvgIpc) is 2.82. The number of hydrogen-bond acceptors (Lipinski definition) is 5. The highest BCUT2D eigenvalue weighted by Gasteiger charge is 2.26. The van der Waals surface area contributed by atoms with E-state index in [9.17, 15) is 14.7 Å². The molecular weight excluding hydrogens is 404 g/mol. The maximum absolute atomic E-state index is 13.2. The normalized spacial score (nSPS) is 12.5. The van der Waals surface area contributed by atoms with E-state index in [1.165, 1.54) is 7.11 Å². The van der Waals surface area contributed by atoms with E-state index >= 15 is 0 Å². The minimum atomic E-state index is -0.796. The van der Waals surface area contributed by atoms with Crippen LogP contribution in [0.3, 0.4) is 0 Å². The fraction of sp³-hybridized carbons (Fsp3) is 0.231. The van der Waals surface area contributed by atoms with Crippen LogP contribution in [0.5, 0.6) is 5.75 Å². The first-order chi connectivity index (χ1) is 15.5. The molecule has 1 amide bonds. The lowest BCUT2D eigenvalue weighted by Crippen LogP contribution is -2.51. The number of benzene rings is 3. The van der Waals surface area contributed by atoms with Crippen molar-refractivity contribution < 1.29 is 19.4 Å². The average molecular weight is 433 g/mol. The molecule has 2 atom stereocenters. The Morgan fingerprint density at radius 2 is 1.38 bits per heavy atom. The van der Waals surface area contributed by atoms with Crippen molar-refractivity contribution in [3.05, 3.63) is 102 Å². The number of carbonyl (C=O) groups excluding carboxylic acids is 2. The van der Waals surface area contributed by atoms with Gasteiger partial charge >= 0.3 is 5.97 Å². The van der Waals surface area contributed by atoms with Gasteiger partial charge in [-0.1, -0.05) is 72.8 Å². The number of ether oxygens (including phenoxy) is 1. The number of rotatable bonds is 10. The summed E-state index contributed by atoms with van der Waals surface area (Å²) in [7, 11) is 1.31. The van der Waals surface area contributed by atoms with E-state index in [0.717, 1.165) is 16.7 Å². The molecule has 0 fully saturated rings. The number of phenolic OH excluding ortho intramolecular Hbond substituents is 1. The van der Waals surface area contributed by atoms with E-state index < -0.39 is 18.1 Å². The number of hydrogen-bond donors (Lipinski definition) is 3. The van der Waals surface area contributed by atoms with Crippen LogP contribution in [0.4, 0.5) is 0 Å². The third kappa shape index (κ3) is 6.96. The quantitative estimate of drug-likeness (QED) is 0.429. The van der Waals surface area contributed by atoms with Crippen LogP contribution in [0.15, 0.2) is 84.9 Å². The number of aromatic hydroxyl groups is 1. The van der Waals surface area contributed by atoms with Gasteiger partial charge in [-0.25, -0.2) is 4.79 Å².